The second-order valence-electron chi connectivity index (χ2n) is 13.8. The van der Waals surface area contributed by atoms with Crippen LogP contribution in [0.4, 0.5) is 14.5 Å². The molecule has 0 N–H and O–H groups in total. The van der Waals surface area contributed by atoms with Crippen molar-refractivity contribution in [3.63, 3.8) is 0 Å². The molecule has 7 rings (SSSR count). The third kappa shape index (κ3) is 8.58. The molecule has 4 heterocycles. The Morgan fingerprint density at radius 1 is 0.769 bits per heavy atom. The van der Waals surface area contributed by atoms with Crippen molar-refractivity contribution in [2.75, 3.05) is 77.1 Å². The van der Waals surface area contributed by atoms with Crippen molar-refractivity contribution in [2.45, 2.75) is 52.9 Å². The number of pyridine rings is 1. The van der Waals surface area contributed by atoms with Crippen LogP contribution in [0.2, 0.25) is 0 Å². The molecule has 0 unspecified atom stereocenters. The molecule has 52 heavy (non-hydrogen) atoms. The fourth-order valence-corrected chi connectivity index (χ4v) is 7.58. The number of carbonyl (C=O) groups excluding carboxylic acids is 1. The smallest absolute Gasteiger partial charge is 0.263 e. The van der Waals surface area contributed by atoms with Crippen LogP contribution in [0.15, 0.2) is 65.6 Å². The molecule has 0 atom stereocenters. The lowest BCUT2D eigenvalue weighted by Crippen LogP contribution is -2.67. The summed E-state index contributed by atoms with van der Waals surface area (Å²) in [6.45, 7) is 15.9. The number of benzene rings is 3. The summed E-state index contributed by atoms with van der Waals surface area (Å²) >= 11 is 0. The number of quaternary nitrogens is 1. The summed E-state index contributed by atoms with van der Waals surface area (Å²) in [7, 11) is 0. The summed E-state index contributed by atoms with van der Waals surface area (Å²) in [5.74, 6) is -0.592. The standard InChI is InChI=1S/C41H51F2N4O5/c1-4-45(32-23-30(42)22-31(43)24-32)41(49)38-29-46(33-25-35(50-5-2)27-36(26-33)51-6-3)39-28-34(12-13-37(39)40(38)48)52-21-11-9-7-8-10-17-47-18-14-44(15-19-47)16-20-47/h12-13,22-29H,4-11,14-21H2,1-3H3/q+1. The first-order valence-corrected chi connectivity index (χ1v) is 18.8. The molecule has 3 saturated heterocycles. The molecule has 0 spiro atoms. The van der Waals surface area contributed by atoms with Crippen molar-refractivity contribution in [3.8, 4) is 22.9 Å². The molecule has 4 aromatic rings. The van der Waals surface area contributed by atoms with E-state index in [1.165, 1.54) is 80.7 Å². The molecule has 1 aromatic heterocycles. The van der Waals surface area contributed by atoms with Gasteiger partial charge in [-0.25, -0.2) is 8.78 Å². The molecule has 11 heteroatoms. The zero-order valence-corrected chi connectivity index (χ0v) is 30.7. The Balaban J connectivity index is 1.23. The fraction of sp³-hybridized carbons (Fsp3) is 0.463. The van der Waals surface area contributed by atoms with Gasteiger partial charge < -0.3 is 28.2 Å². The van der Waals surface area contributed by atoms with E-state index in [-0.39, 0.29) is 17.8 Å². The quantitative estimate of drug-likeness (QED) is 0.0850. The summed E-state index contributed by atoms with van der Waals surface area (Å²) in [5.41, 5.74) is 0.495. The zero-order valence-electron chi connectivity index (χ0n) is 30.7. The highest BCUT2D eigenvalue weighted by Crippen LogP contribution is 2.30. The van der Waals surface area contributed by atoms with Crippen LogP contribution in [0.25, 0.3) is 16.6 Å². The lowest BCUT2D eigenvalue weighted by atomic mass is 10.1. The highest BCUT2D eigenvalue weighted by atomic mass is 19.1. The Morgan fingerprint density at radius 3 is 2.04 bits per heavy atom. The van der Waals surface area contributed by atoms with Crippen molar-refractivity contribution in [1.82, 2.24) is 9.47 Å². The molecule has 2 bridgehead atoms. The van der Waals surface area contributed by atoms with Crippen molar-refractivity contribution in [1.29, 1.82) is 0 Å². The number of aromatic nitrogens is 1. The molecule has 0 radical (unpaired) electrons. The number of anilines is 1. The van der Waals surface area contributed by atoms with Gasteiger partial charge in [0.05, 0.1) is 57.2 Å². The molecule has 9 nitrogen and oxygen atoms in total. The number of fused-ring (bicyclic) bond motifs is 4. The number of carbonyl (C=O) groups is 1. The van der Waals surface area contributed by atoms with E-state index >= 15 is 0 Å². The highest BCUT2D eigenvalue weighted by Gasteiger charge is 2.37. The highest BCUT2D eigenvalue weighted by molar-refractivity contribution is 6.07. The molecular weight excluding hydrogens is 666 g/mol. The van der Waals surface area contributed by atoms with Gasteiger partial charge in [0, 0.05) is 73.8 Å². The maximum atomic E-state index is 14.2. The normalized spacial score (nSPS) is 18.1. The monoisotopic (exact) mass is 717 g/mol. The number of hydrogen-bond acceptors (Lipinski definition) is 6. The maximum absolute atomic E-state index is 14.2. The van der Waals surface area contributed by atoms with Crippen molar-refractivity contribution >= 4 is 22.5 Å². The number of halogens is 2. The first-order valence-electron chi connectivity index (χ1n) is 18.8. The van der Waals surface area contributed by atoms with E-state index in [1.807, 2.05) is 32.0 Å². The summed E-state index contributed by atoms with van der Waals surface area (Å²) in [6.07, 6.45) is 7.18. The van der Waals surface area contributed by atoms with E-state index in [0.29, 0.717) is 53.7 Å². The average molecular weight is 718 g/mol. The topological polar surface area (TPSA) is 73.2 Å². The number of piperazine rings is 3. The van der Waals surface area contributed by atoms with E-state index in [0.717, 1.165) is 31.0 Å². The molecule has 3 aliphatic rings. The molecular formula is C41H51F2N4O5+. The van der Waals surface area contributed by atoms with Gasteiger partial charge in [-0.3, -0.25) is 14.5 Å². The SMILES string of the molecule is CCOc1cc(OCC)cc(-n2cc(C(=O)N(CC)c3cc(F)cc(F)c3)c(=O)c3ccc(OCCCCCCC[N+]45CCN(CC4)CC5)cc32)c1. The first-order chi connectivity index (χ1) is 25.2. The van der Waals surface area contributed by atoms with Crippen LogP contribution in [-0.4, -0.2) is 92.0 Å². The first kappa shape index (κ1) is 37.3. The molecule has 3 aromatic carbocycles. The predicted molar refractivity (Wildman–Crippen MR) is 200 cm³/mol. The predicted octanol–water partition coefficient (Wildman–Crippen LogP) is 7.21. The van der Waals surface area contributed by atoms with Crippen LogP contribution in [0.5, 0.6) is 17.2 Å². The van der Waals surface area contributed by atoms with Crippen LogP contribution in [0.3, 0.4) is 0 Å². The molecule has 0 saturated carbocycles. The van der Waals surface area contributed by atoms with E-state index < -0.39 is 23.0 Å². The Morgan fingerprint density at radius 2 is 1.40 bits per heavy atom. The van der Waals surface area contributed by atoms with Gasteiger partial charge in [-0.1, -0.05) is 12.8 Å². The van der Waals surface area contributed by atoms with Gasteiger partial charge in [0.25, 0.3) is 5.91 Å². The number of amides is 1. The van der Waals surface area contributed by atoms with Gasteiger partial charge in [0.1, 0.15) is 34.4 Å². The van der Waals surface area contributed by atoms with E-state index in [1.54, 1.807) is 29.7 Å². The molecule has 3 aliphatic heterocycles. The number of ether oxygens (including phenoxy) is 3. The van der Waals surface area contributed by atoms with Gasteiger partial charge in [-0.05, 0) is 64.3 Å². The Hall–Kier alpha value is -4.48. The number of unbranched alkanes of at least 4 members (excludes halogenated alkanes) is 4. The zero-order chi connectivity index (χ0) is 36.7. The van der Waals surface area contributed by atoms with Crippen LogP contribution in [0, 0.1) is 11.6 Å². The minimum Gasteiger partial charge on any atom is -0.494 e. The number of nitrogens with zero attached hydrogens (tertiary/aromatic N) is 4. The molecule has 0 aliphatic carbocycles. The van der Waals surface area contributed by atoms with Crippen LogP contribution < -0.4 is 24.5 Å². The average Bonchev–Trinajstić information content (AvgIpc) is 3.13. The molecule has 1 amide bonds. The van der Waals surface area contributed by atoms with Crippen molar-refractivity contribution in [3.05, 3.63) is 88.2 Å². The van der Waals surface area contributed by atoms with Crippen LogP contribution >= 0.6 is 0 Å². The van der Waals surface area contributed by atoms with Gasteiger partial charge >= 0.3 is 0 Å². The largest absolute Gasteiger partial charge is 0.494 e. The third-order valence-electron chi connectivity index (χ3n) is 10.4. The van der Waals surface area contributed by atoms with E-state index in [9.17, 15) is 18.4 Å². The number of rotatable bonds is 17. The van der Waals surface area contributed by atoms with E-state index in [2.05, 4.69) is 4.90 Å². The lowest BCUT2D eigenvalue weighted by Gasteiger charge is -2.50. The number of hydrogen-bond donors (Lipinski definition) is 0. The van der Waals surface area contributed by atoms with Crippen LogP contribution in [0.1, 0.15) is 63.2 Å². The van der Waals surface area contributed by atoms with Crippen LogP contribution in [-0.2, 0) is 0 Å². The van der Waals surface area contributed by atoms with Gasteiger partial charge in [-0.2, -0.15) is 0 Å². The summed E-state index contributed by atoms with van der Waals surface area (Å²) in [6, 6.07) is 13.5. The Labute approximate surface area is 304 Å². The fourth-order valence-electron chi connectivity index (χ4n) is 7.58. The van der Waals surface area contributed by atoms with Crippen molar-refractivity contribution < 1.29 is 32.3 Å². The van der Waals surface area contributed by atoms with E-state index in [4.69, 9.17) is 14.2 Å². The Kier molecular flexibility index (Phi) is 12.1. The lowest BCUT2D eigenvalue weighted by molar-refractivity contribution is -0.941. The van der Waals surface area contributed by atoms with Gasteiger partial charge in [0.2, 0.25) is 5.43 Å². The summed E-state index contributed by atoms with van der Waals surface area (Å²) < 4.78 is 49.3. The van der Waals surface area contributed by atoms with Crippen molar-refractivity contribution in [2.24, 2.45) is 0 Å². The third-order valence-corrected chi connectivity index (χ3v) is 10.4. The van der Waals surface area contributed by atoms with Gasteiger partial charge in [0.15, 0.2) is 0 Å². The van der Waals surface area contributed by atoms with Gasteiger partial charge in [-0.15, -0.1) is 0 Å². The molecule has 278 valence electrons. The second-order valence-corrected chi connectivity index (χ2v) is 13.8. The Bertz CT molecular complexity index is 1870. The second kappa shape index (κ2) is 16.9. The minimum absolute atomic E-state index is 0.0187. The summed E-state index contributed by atoms with van der Waals surface area (Å²) in [4.78, 5) is 31.8. The molecule has 3 fully saturated rings. The maximum Gasteiger partial charge on any atom is 0.263 e. The summed E-state index contributed by atoms with van der Waals surface area (Å²) in [5, 5.41) is 0.293. The minimum atomic E-state index is -0.820.